The Hall–Kier alpha value is -2.33. The average molecular weight is 412 g/mol. The summed E-state index contributed by atoms with van der Waals surface area (Å²) >= 11 is 0. The van der Waals surface area contributed by atoms with E-state index in [2.05, 4.69) is 10.4 Å². The maximum absolute atomic E-state index is 13.4. The molecule has 1 amide bonds. The van der Waals surface area contributed by atoms with E-state index in [0.717, 1.165) is 37.8 Å². The molecule has 3 rings (SSSR count). The maximum Gasteiger partial charge on any atom is 0.263 e. The number of halogens is 2. The number of amides is 1. The third-order valence-corrected chi connectivity index (χ3v) is 6.40. The highest BCUT2D eigenvalue weighted by Gasteiger charge is 2.33. The molecule has 28 heavy (non-hydrogen) atoms. The minimum atomic E-state index is -3.97. The molecule has 1 aromatic carbocycles. The highest BCUT2D eigenvalue weighted by molar-refractivity contribution is 7.89. The number of rotatable bonds is 5. The standard InChI is InChI=1S/C18H22F2N4O3S/c1-2-23-12-16(17(25)21-15-10-13(19)9-14(20)11-15)18(22-23)28(26,27)24-7-5-3-4-6-8-24/h9-12H,2-8H2,1H3,(H,21,25). The molecule has 2 aromatic rings. The number of nitrogens with zero attached hydrogens (tertiary/aromatic N) is 3. The minimum absolute atomic E-state index is 0.107. The Morgan fingerprint density at radius 2 is 1.71 bits per heavy atom. The predicted molar refractivity (Wildman–Crippen MR) is 99.4 cm³/mol. The fourth-order valence-corrected chi connectivity index (χ4v) is 4.76. The molecule has 1 aliphatic rings. The van der Waals surface area contributed by atoms with E-state index in [0.29, 0.717) is 25.7 Å². The van der Waals surface area contributed by atoms with Crippen molar-refractivity contribution in [3.8, 4) is 0 Å². The number of carbonyl (C=O) groups excluding carboxylic acids is 1. The zero-order chi connectivity index (χ0) is 20.3. The fourth-order valence-electron chi connectivity index (χ4n) is 3.14. The molecular weight excluding hydrogens is 390 g/mol. The number of aryl methyl sites for hydroxylation is 1. The number of hydrogen-bond acceptors (Lipinski definition) is 4. The summed E-state index contributed by atoms with van der Waals surface area (Å²) in [6.07, 6.45) is 4.73. The maximum atomic E-state index is 13.4. The molecule has 0 radical (unpaired) electrons. The van der Waals surface area contributed by atoms with Crippen molar-refractivity contribution in [1.82, 2.24) is 14.1 Å². The van der Waals surface area contributed by atoms with Crippen molar-refractivity contribution >= 4 is 21.6 Å². The molecule has 10 heteroatoms. The summed E-state index contributed by atoms with van der Waals surface area (Å²) in [5.74, 6) is -2.49. The van der Waals surface area contributed by atoms with Crippen LogP contribution in [0.5, 0.6) is 0 Å². The van der Waals surface area contributed by atoms with Crippen LogP contribution in [0, 0.1) is 11.6 Å². The van der Waals surface area contributed by atoms with E-state index >= 15 is 0 Å². The van der Waals surface area contributed by atoms with Gasteiger partial charge >= 0.3 is 0 Å². The Morgan fingerprint density at radius 1 is 1.11 bits per heavy atom. The lowest BCUT2D eigenvalue weighted by molar-refractivity contribution is 0.102. The monoisotopic (exact) mass is 412 g/mol. The van der Waals surface area contributed by atoms with Crippen LogP contribution < -0.4 is 5.32 Å². The quantitative estimate of drug-likeness (QED) is 0.818. The van der Waals surface area contributed by atoms with Crippen LogP contribution in [0.4, 0.5) is 14.5 Å². The molecule has 1 aromatic heterocycles. The number of aromatic nitrogens is 2. The molecule has 0 atom stereocenters. The summed E-state index contributed by atoms with van der Waals surface area (Å²) in [5.41, 5.74) is -0.263. The Balaban J connectivity index is 1.95. The van der Waals surface area contributed by atoms with Gasteiger partial charge in [-0.3, -0.25) is 9.48 Å². The second kappa shape index (κ2) is 8.36. The van der Waals surface area contributed by atoms with E-state index in [-0.39, 0.29) is 16.3 Å². The third-order valence-electron chi connectivity index (χ3n) is 4.57. The lowest BCUT2D eigenvalue weighted by Gasteiger charge is -2.19. The molecule has 7 nitrogen and oxygen atoms in total. The summed E-state index contributed by atoms with van der Waals surface area (Å²) in [6, 6.07) is 2.59. The van der Waals surface area contributed by atoms with Crippen molar-refractivity contribution in [2.75, 3.05) is 18.4 Å². The molecule has 1 saturated heterocycles. The van der Waals surface area contributed by atoms with Gasteiger partial charge in [0, 0.05) is 37.6 Å². The van der Waals surface area contributed by atoms with Gasteiger partial charge in [-0.15, -0.1) is 0 Å². The first-order chi connectivity index (χ1) is 13.3. The molecular formula is C18H22F2N4O3S. The Labute approximate surface area is 162 Å². The van der Waals surface area contributed by atoms with Gasteiger partial charge in [0.15, 0.2) is 0 Å². The van der Waals surface area contributed by atoms with E-state index in [1.54, 1.807) is 6.92 Å². The van der Waals surface area contributed by atoms with Crippen molar-refractivity contribution in [2.45, 2.75) is 44.2 Å². The average Bonchev–Trinajstić information content (AvgIpc) is 2.88. The highest BCUT2D eigenvalue weighted by Crippen LogP contribution is 2.23. The van der Waals surface area contributed by atoms with Crippen LogP contribution in [-0.2, 0) is 16.6 Å². The van der Waals surface area contributed by atoms with Gasteiger partial charge in [0.1, 0.15) is 11.6 Å². The number of hydrogen-bond donors (Lipinski definition) is 1. The molecule has 1 N–H and O–H groups in total. The number of sulfonamides is 1. The molecule has 1 aliphatic heterocycles. The SMILES string of the molecule is CCn1cc(C(=O)Nc2cc(F)cc(F)c2)c(S(=O)(=O)N2CCCCCC2)n1. The number of anilines is 1. The predicted octanol–water partition coefficient (Wildman–Crippen LogP) is 3.00. The van der Waals surface area contributed by atoms with Crippen LogP contribution in [0.2, 0.25) is 0 Å². The summed E-state index contributed by atoms with van der Waals surface area (Å²) < 4.78 is 55.7. The van der Waals surface area contributed by atoms with Crippen molar-refractivity contribution in [3.63, 3.8) is 0 Å². The van der Waals surface area contributed by atoms with Crippen LogP contribution >= 0.6 is 0 Å². The van der Waals surface area contributed by atoms with Crippen LogP contribution in [0.1, 0.15) is 43.0 Å². The fraction of sp³-hybridized carbons (Fsp3) is 0.444. The van der Waals surface area contributed by atoms with Crippen LogP contribution in [0.25, 0.3) is 0 Å². The molecule has 2 heterocycles. The molecule has 0 spiro atoms. The van der Waals surface area contributed by atoms with Crippen LogP contribution in [0.15, 0.2) is 29.4 Å². The van der Waals surface area contributed by atoms with Gasteiger partial charge in [-0.05, 0) is 31.9 Å². The largest absolute Gasteiger partial charge is 0.322 e. The Kier molecular flexibility index (Phi) is 6.09. The smallest absolute Gasteiger partial charge is 0.263 e. The van der Waals surface area contributed by atoms with Crippen LogP contribution in [0.3, 0.4) is 0 Å². The number of benzene rings is 1. The first kappa shape index (κ1) is 20.4. The third kappa shape index (κ3) is 4.39. The van der Waals surface area contributed by atoms with E-state index < -0.39 is 27.6 Å². The molecule has 0 bridgehead atoms. The number of carbonyl (C=O) groups is 1. The van der Waals surface area contributed by atoms with E-state index in [4.69, 9.17) is 0 Å². The molecule has 1 fully saturated rings. The van der Waals surface area contributed by atoms with Gasteiger partial charge in [0.2, 0.25) is 5.03 Å². The normalized spacial score (nSPS) is 16.0. The first-order valence-electron chi connectivity index (χ1n) is 9.16. The van der Waals surface area contributed by atoms with Crippen molar-refractivity contribution in [3.05, 3.63) is 41.6 Å². The molecule has 0 aliphatic carbocycles. The van der Waals surface area contributed by atoms with Gasteiger partial charge in [-0.25, -0.2) is 17.2 Å². The molecule has 0 saturated carbocycles. The summed E-state index contributed by atoms with van der Waals surface area (Å²) in [4.78, 5) is 12.7. The Bertz CT molecular complexity index is 947. The van der Waals surface area contributed by atoms with Crippen LogP contribution in [-0.4, -0.2) is 41.5 Å². The molecule has 152 valence electrons. The van der Waals surface area contributed by atoms with E-state index in [1.165, 1.54) is 15.2 Å². The van der Waals surface area contributed by atoms with Crippen molar-refractivity contribution in [1.29, 1.82) is 0 Å². The topological polar surface area (TPSA) is 84.3 Å². The molecule has 0 unspecified atom stereocenters. The minimum Gasteiger partial charge on any atom is -0.322 e. The summed E-state index contributed by atoms with van der Waals surface area (Å²) in [6.45, 7) is 2.87. The Morgan fingerprint density at radius 3 is 2.29 bits per heavy atom. The van der Waals surface area contributed by atoms with Gasteiger partial charge in [0.05, 0.1) is 5.56 Å². The second-order valence-corrected chi connectivity index (χ2v) is 8.49. The van der Waals surface area contributed by atoms with E-state index in [1.807, 2.05) is 0 Å². The summed E-state index contributed by atoms with van der Waals surface area (Å²) in [5, 5.41) is 6.09. The number of nitrogens with one attached hydrogen (secondary N) is 1. The lowest BCUT2D eigenvalue weighted by atomic mass is 10.2. The van der Waals surface area contributed by atoms with Gasteiger partial charge in [-0.2, -0.15) is 9.40 Å². The zero-order valence-electron chi connectivity index (χ0n) is 15.5. The second-order valence-electron chi connectivity index (χ2n) is 6.63. The van der Waals surface area contributed by atoms with Crippen molar-refractivity contribution < 1.29 is 22.0 Å². The zero-order valence-corrected chi connectivity index (χ0v) is 16.3. The van der Waals surface area contributed by atoms with Gasteiger partial charge in [0.25, 0.3) is 15.9 Å². The van der Waals surface area contributed by atoms with Gasteiger partial charge in [-0.1, -0.05) is 12.8 Å². The van der Waals surface area contributed by atoms with Crippen molar-refractivity contribution in [2.24, 2.45) is 0 Å². The summed E-state index contributed by atoms with van der Waals surface area (Å²) in [7, 11) is -3.97. The lowest BCUT2D eigenvalue weighted by Crippen LogP contribution is -2.33. The van der Waals surface area contributed by atoms with E-state index in [9.17, 15) is 22.0 Å². The van der Waals surface area contributed by atoms with Gasteiger partial charge < -0.3 is 5.32 Å². The first-order valence-corrected chi connectivity index (χ1v) is 10.6. The highest BCUT2D eigenvalue weighted by atomic mass is 32.2.